The number of nitrogens with zero attached hydrogens (tertiary/aromatic N) is 2. The molecular weight excluding hydrogens is 254 g/mol. The quantitative estimate of drug-likeness (QED) is 0.487. The van der Waals surface area contributed by atoms with E-state index in [1.165, 1.54) is 0 Å². The Labute approximate surface area is 73.2 Å². The maximum absolute atomic E-state index is 8.89. The van der Waals surface area contributed by atoms with E-state index in [9.17, 15) is 0 Å². The van der Waals surface area contributed by atoms with E-state index >= 15 is 0 Å². The zero-order valence-corrected chi connectivity index (χ0v) is 6.29. The molecule has 0 aromatic carbocycles. The first-order valence-corrected chi connectivity index (χ1v) is 1.67. The van der Waals surface area contributed by atoms with Gasteiger partial charge < -0.3 is 10.2 Å². The van der Waals surface area contributed by atoms with Gasteiger partial charge in [0.1, 0.15) is 0 Å². The predicted octanol–water partition coefficient (Wildman–Crippen LogP) is 0.859. The van der Waals surface area contributed by atoms with Crippen LogP contribution in [-0.4, -0.2) is 22.4 Å². The van der Waals surface area contributed by atoms with Crippen molar-refractivity contribution in [2.24, 2.45) is 10.4 Å². The van der Waals surface area contributed by atoms with E-state index in [1.807, 2.05) is 0 Å². The van der Waals surface area contributed by atoms with E-state index in [-0.39, 0.29) is 20.4 Å². The third kappa shape index (κ3) is 51.9. The minimum atomic E-state index is -1.68. The SMILES string of the molecule is O=NC(=O)O.O=NC(=O)O.[Pd]. The average molecular weight is 256 g/mol. The number of nitroso groups, excluding NO2 is 2. The summed E-state index contributed by atoms with van der Waals surface area (Å²) < 4.78 is 0. The molecule has 0 spiro atoms. The second-order valence-electron chi connectivity index (χ2n) is 0.748. The molecule has 0 radical (unpaired) electrons. The monoisotopic (exact) mass is 256 g/mol. The zero-order chi connectivity index (χ0) is 8.57. The Morgan fingerprint density at radius 2 is 1.00 bits per heavy atom. The summed E-state index contributed by atoms with van der Waals surface area (Å²) in [5.74, 6) is 0. The molecule has 0 aromatic rings. The fourth-order valence-electron chi connectivity index (χ4n) is 0. The summed E-state index contributed by atoms with van der Waals surface area (Å²) >= 11 is 0. The van der Waals surface area contributed by atoms with Gasteiger partial charge in [0, 0.05) is 20.4 Å². The summed E-state index contributed by atoms with van der Waals surface area (Å²) in [6, 6.07) is 0. The van der Waals surface area contributed by atoms with Crippen LogP contribution in [-0.2, 0) is 20.4 Å². The van der Waals surface area contributed by atoms with Crippen molar-refractivity contribution in [3.05, 3.63) is 9.81 Å². The molecule has 0 fully saturated rings. The van der Waals surface area contributed by atoms with Crippen molar-refractivity contribution in [1.29, 1.82) is 0 Å². The topological polar surface area (TPSA) is 133 Å². The van der Waals surface area contributed by atoms with Crippen LogP contribution in [0.25, 0.3) is 0 Å². The normalized spacial score (nSPS) is 5.82. The van der Waals surface area contributed by atoms with Crippen LogP contribution in [0.3, 0.4) is 0 Å². The molecule has 0 rings (SSSR count). The molecule has 0 atom stereocenters. The van der Waals surface area contributed by atoms with Crippen LogP contribution in [0.5, 0.6) is 0 Å². The summed E-state index contributed by atoms with van der Waals surface area (Å²) in [6.07, 6.45) is -3.35. The smallest absolute Gasteiger partial charge is 0.461 e. The van der Waals surface area contributed by atoms with Crippen molar-refractivity contribution in [1.82, 2.24) is 0 Å². The molecule has 0 aliphatic carbocycles. The Kier molecular flexibility index (Phi) is 17.3. The predicted molar refractivity (Wildman–Crippen MR) is 27.6 cm³/mol. The van der Waals surface area contributed by atoms with Gasteiger partial charge in [-0.3, -0.25) is 0 Å². The number of amides is 2. The van der Waals surface area contributed by atoms with Crippen LogP contribution in [0.15, 0.2) is 10.4 Å². The first-order chi connectivity index (χ1) is 4.54. The summed E-state index contributed by atoms with van der Waals surface area (Å²) in [5.41, 5.74) is 0. The molecule has 0 heterocycles. The number of hydrogen-bond acceptors (Lipinski definition) is 4. The first kappa shape index (κ1) is 16.4. The van der Waals surface area contributed by atoms with Crippen LogP contribution < -0.4 is 0 Å². The van der Waals surface area contributed by atoms with Crippen LogP contribution in [0.2, 0.25) is 0 Å². The molecule has 8 nitrogen and oxygen atoms in total. The molecule has 2 N–H and O–H groups in total. The van der Waals surface area contributed by atoms with Crippen LogP contribution in [0, 0.1) is 9.81 Å². The second kappa shape index (κ2) is 11.6. The van der Waals surface area contributed by atoms with Gasteiger partial charge in [-0.15, -0.1) is 9.81 Å². The Balaban J connectivity index is -0.000000107. The second-order valence-corrected chi connectivity index (χ2v) is 0.748. The van der Waals surface area contributed by atoms with Crippen LogP contribution >= 0.6 is 0 Å². The molecule has 9 heteroatoms. The third-order valence-electron chi connectivity index (χ3n) is 0.156. The van der Waals surface area contributed by atoms with Crippen molar-refractivity contribution >= 4 is 12.2 Å². The van der Waals surface area contributed by atoms with Crippen molar-refractivity contribution in [2.75, 3.05) is 0 Å². The van der Waals surface area contributed by atoms with Crippen molar-refractivity contribution in [3.63, 3.8) is 0 Å². The zero-order valence-electron chi connectivity index (χ0n) is 4.74. The molecule has 0 unspecified atom stereocenters. The van der Waals surface area contributed by atoms with E-state index in [4.69, 9.17) is 29.6 Å². The molecular formula is C2H2N2O6Pd. The summed E-state index contributed by atoms with van der Waals surface area (Å²) in [7, 11) is 0. The van der Waals surface area contributed by atoms with E-state index in [0.717, 1.165) is 0 Å². The molecule has 0 saturated heterocycles. The minimum absolute atomic E-state index is 0. The molecule has 0 aromatic heterocycles. The Morgan fingerprint density at radius 3 is 1.00 bits per heavy atom. The maximum atomic E-state index is 8.89. The summed E-state index contributed by atoms with van der Waals surface area (Å²) in [4.78, 5) is 35.1. The van der Waals surface area contributed by atoms with Crippen LogP contribution in [0.1, 0.15) is 0 Å². The molecule has 66 valence electrons. The minimum Gasteiger partial charge on any atom is -0.461 e. The van der Waals surface area contributed by atoms with Gasteiger partial charge in [0.2, 0.25) is 0 Å². The number of carbonyl (C=O) groups is 2. The van der Waals surface area contributed by atoms with Gasteiger partial charge >= 0.3 is 12.2 Å². The summed E-state index contributed by atoms with van der Waals surface area (Å²) in [6.45, 7) is 0. The van der Waals surface area contributed by atoms with Crippen molar-refractivity contribution < 1.29 is 40.2 Å². The van der Waals surface area contributed by atoms with Gasteiger partial charge in [-0.2, -0.15) is 0 Å². The first-order valence-electron chi connectivity index (χ1n) is 1.67. The molecule has 0 saturated carbocycles. The number of carboxylic acid groups (broad SMARTS) is 2. The van der Waals surface area contributed by atoms with Gasteiger partial charge in [0.05, 0.1) is 10.4 Å². The van der Waals surface area contributed by atoms with Crippen molar-refractivity contribution in [2.45, 2.75) is 0 Å². The molecule has 11 heavy (non-hydrogen) atoms. The Hall–Kier alpha value is -1.20. The molecule has 2 amide bonds. The third-order valence-corrected chi connectivity index (χ3v) is 0.156. The standard InChI is InChI=1S/2CHNO3.Pd/c2*3-1(4)2-5;/h2*(H,3,4);. The van der Waals surface area contributed by atoms with Crippen LogP contribution in [0.4, 0.5) is 9.59 Å². The molecule has 0 aliphatic heterocycles. The summed E-state index contributed by atoms with van der Waals surface area (Å²) in [5, 5.41) is 17.6. The fourth-order valence-corrected chi connectivity index (χ4v) is 0. The maximum Gasteiger partial charge on any atom is 0.468 e. The van der Waals surface area contributed by atoms with E-state index in [0.29, 0.717) is 0 Å². The average Bonchev–Trinajstić information content (AvgIpc) is 1.89. The largest absolute Gasteiger partial charge is 0.468 e. The Bertz CT molecular complexity index is 139. The van der Waals surface area contributed by atoms with Gasteiger partial charge in [-0.1, -0.05) is 0 Å². The van der Waals surface area contributed by atoms with Gasteiger partial charge in [-0.05, 0) is 0 Å². The van der Waals surface area contributed by atoms with E-state index in [2.05, 4.69) is 0 Å². The molecule has 0 bridgehead atoms. The molecule has 0 aliphatic rings. The number of rotatable bonds is 0. The van der Waals surface area contributed by atoms with Crippen molar-refractivity contribution in [3.8, 4) is 0 Å². The van der Waals surface area contributed by atoms with Gasteiger partial charge in [-0.25, -0.2) is 9.59 Å². The number of hydrogen-bond donors (Lipinski definition) is 2. The van der Waals surface area contributed by atoms with E-state index < -0.39 is 12.2 Å². The van der Waals surface area contributed by atoms with Gasteiger partial charge in [0.15, 0.2) is 0 Å². The van der Waals surface area contributed by atoms with E-state index in [1.54, 1.807) is 10.4 Å². The fraction of sp³-hybridized carbons (Fsp3) is 0. The Morgan fingerprint density at radius 1 is 0.909 bits per heavy atom. The van der Waals surface area contributed by atoms with Gasteiger partial charge in [0.25, 0.3) is 0 Å².